The molecule has 20 heavy (non-hydrogen) atoms. The zero-order valence-electron chi connectivity index (χ0n) is 11.4. The second-order valence-electron chi connectivity index (χ2n) is 4.54. The Labute approximate surface area is 118 Å². The fourth-order valence-electron chi connectivity index (χ4n) is 2.24. The van der Waals surface area contributed by atoms with Gasteiger partial charge in [-0.05, 0) is 30.7 Å². The quantitative estimate of drug-likeness (QED) is 0.820. The predicted octanol–water partition coefficient (Wildman–Crippen LogP) is 2.99. The Morgan fingerprint density at radius 1 is 1.15 bits per heavy atom. The third-order valence-corrected chi connectivity index (χ3v) is 3.26. The van der Waals surface area contributed by atoms with Crippen molar-refractivity contribution in [3.05, 3.63) is 59.7 Å². The van der Waals surface area contributed by atoms with Crippen LogP contribution in [0.5, 0.6) is 0 Å². The number of nitrogens with two attached hydrogens (primary N) is 1. The van der Waals surface area contributed by atoms with E-state index in [1.165, 1.54) is 0 Å². The van der Waals surface area contributed by atoms with Gasteiger partial charge in [0.1, 0.15) is 0 Å². The highest BCUT2D eigenvalue weighted by Crippen LogP contribution is 2.22. The van der Waals surface area contributed by atoms with Crippen LogP contribution in [0.4, 0.5) is 11.4 Å². The van der Waals surface area contributed by atoms with Crippen molar-refractivity contribution in [3.63, 3.8) is 0 Å². The molecule has 0 atom stereocenters. The third kappa shape index (κ3) is 2.91. The van der Waals surface area contributed by atoms with Crippen LogP contribution in [0.25, 0.3) is 0 Å². The lowest BCUT2D eigenvalue weighted by atomic mass is 10.0. The van der Waals surface area contributed by atoms with E-state index in [2.05, 4.69) is 4.90 Å². The Bertz CT molecular complexity index is 597. The number of carboxylic acid groups (broad SMARTS) is 1. The summed E-state index contributed by atoms with van der Waals surface area (Å²) in [6.07, 6.45) is 0. The summed E-state index contributed by atoms with van der Waals surface area (Å²) in [5, 5.41) is 9.30. The molecule has 0 saturated heterocycles. The molecule has 2 aromatic carbocycles. The number of hydrogen-bond acceptors (Lipinski definition) is 3. The van der Waals surface area contributed by atoms with Crippen molar-refractivity contribution in [2.24, 2.45) is 0 Å². The van der Waals surface area contributed by atoms with Gasteiger partial charge in [0.05, 0.1) is 5.56 Å². The molecule has 3 N–H and O–H groups in total. The number of hydrogen-bond donors (Lipinski definition) is 2. The minimum atomic E-state index is -0.984. The van der Waals surface area contributed by atoms with E-state index < -0.39 is 5.97 Å². The molecule has 0 amide bonds. The number of rotatable bonds is 5. The lowest BCUT2D eigenvalue weighted by Crippen LogP contribution is -2.23. The number of carboxylic acids is 1. The summed E-state index contributed by atoms with van der Waals surface area (Å²) in [5.41, 5.74) is 8.07. The van der Waals surface area contributed by atoms with Crippen molar-refractivity contribution in [2.75, 3.05) is 17.2 Å². The highest BCUT2D eigenvalue weighted by atomic mass is 16.4. The van der Waals surface area contributed by atoms with E-state index in [9.17, 15) is 9.90 Å². The molecule has 0 radical (unpaired) electrons. The first kappa shape index (κ1) is 13.9. The van der Waals surface area contributed by atoms with Gasteiger partial charge >= 0.3 is 5.97 Å². The monoisotopic (exact) mass is 270 g/mol. The molecule has 104 valence electrons. The van der Waals surface area contributed by atoms with Crippen LogP contribution in [-0.2, 0) is 6.54 Å². The van der Waals surface area contributed by atoms with Gasteiger partial charge in [0.25, 0.3) is 0 Å². The maximum Gasteiger partial charge on any atom is 0.338 e. The molecule has 0 unspecified atom stereocenters. The van der Waals surface area contributed by atoms with Crippen LogP contribution in [0.1, 0.15) is 22.8 Å². The van der Waals surface area contributed by atoms with Gasteiger partial charge in [0, 0.05) is 24.5 Å². The van der Waals surface area contributed by atoms with Crippen LogP contribution in [-0.4, -0.2) is 17.6 Å². The maximum absolute atomic E-state index is 11.4. The van der Waals surface area contributed by atoms with E-state index in [-0.39, 0.29) is 5.56 Å². The van der Waals surface area contributed by atoms with Gasteiger partial charge in [-0.15, -0.1) is 0 Å². The molecular weight excluding hydrogens is 252 g/mol. The minimum Gasteiger partial charge on any atom is -0.478 e. The van der Waals surface area contributed by atoms with Gasteiger partial charge in [-0.25, -0.2) is 4.79 Å². The molecule has 0 heterocycles. The zero-order chi connectivity index (χ0) is 14.5. The molecule has 4 heteroatoms. The summed E-state index contributed by atoms with van der Waals surface area (Å²) in [7, 11) is 0. The third-order valence-electron chi connectivity index (χ3n) is 3.26. The summed E-state index contributed by atoms with van der Waals surface area (Å²) in [4.78, 5) is 13.5. The van der Waals surface area contributed by atoms with Crippen molar-refractivity contribution < 1.29 is 9.90 Å². The van der Waals surface area contributed by atoms with Gasteiger partial charge in [-0.1, -0.05) is 30.3 Å². The summed E-state index contributed by atoms with van der Waals surface area (Å²) in [5.74, 6) is -0.984. The molecule has 0 fully saturated rings. The second-order valence-corrected chi connectivity index (χ2v) is 4.54. The number of carbonyl (C=O) groups is 1. The number of nitrogen functional groups attached to an aromatic ring is 1. The van der Waals surface area contributed by atoms with Gasteiger partial charge in [0.15, 0.2) is 0 Å². The molecule has 0 aliphatic rings. The van der Waals surface area contributed by atoms with E-state index in [4.69, 9.17) is 5.73 Å². The number of aromatic carboxylic acids is 1. The van der Waals surface area contributed by atoms with E-state index in [0.717, 1.165) is 17.8 Å². The number of nitrogens with zero attached hydrogens (tertiary/aromatic N) is 1. The fraction of sp³-hybridized carbons (Fsp3) is 0.188. The lowest BCUT2D eigenvalue weighted by Gasteiger charge is -2.24. The second kappa shape index (κ2) is 6.10. The smallest absolute Gasteiger partial charge is 0.338 e. The van der Waals surface area contributed by atoms with Crippen LogP contribution < -0.4 is 10.6 Å². The van der Waals surface area contributed by atoms with E-state index in [0.29, 0.717) is 12.2 Å². The Hall–Kier alpha value is -2.49. The zero-order valence-corrected chi connectivity index (χ0v) is 11.4. The first-order chi connectivity index (χ1) is 9.63. The van der Waals surface area contributed by atoms with Crippen molar-refractivity contribution in [1.29, 1.82) is 0 Å². The van der Waals surface area contributed by atoms with Crippen molar-refractivity contribution >= 4 is 17.3 Å². The normalized spacial score (nSPS) is 10.2. The van der Waals surface area contributed by atoms with Gasteiger partial charge in [-0.3, -0.25) is 0 Å². The first-order valence-corrected chi connectivity index (χ1v) is 6.54. The molecule has 0 spiro atoms. The topological polar surface area (TPSA) is 66.6 Å². The molecule has 0 aliphatic heterocycles. The van der Waals surface area contributed by atoms with Gasteiger partial charge < -0.3 is 15.7 Å². The standard InChI is InChI=1S/C16H18N2O2/c1-2-18(13-8-4-3-5-9-13)11-12-7-6-10-14(17)15(12)16(19)20/h3-10H,2,11,17H2,1H3,(H,19,20). The van der Waals surface area contributed by atoms with Gasteiger partial charge in [0.2, 0.25) is 0 Å². The highest BCUT2D eigenvalue weighted by molar-refractivity contribution is 5.95. The summed E-state index contributed by atoms with van der Waals surface area (Å²) >= 11 is 0. The number of benzene rings is 2. The van der Waals surface area contributed by atoms with Crippen molar-refractivity contribution in [1.82, 2.24) is 0 Å². The van der Waals surface area contributed by atoms with E-state index >= 15 is 0 Å². The maximum atomic E-state index is 11.4. The Morgan fingerprint density at radius 3 is 2.45 bits per heavy atom. The van der Waals surface area contributed by atoms with Crippen LogP contribution in [0.15, 0.2) is 48.5 Å². The predicted molar refractivity (Wildman–Crippen MR) is 81.0 cm³/mol. The molecule has 0 aromatic heterocycles. The minimum absolute atomic E-state index is 0.196. The largest absolute Gasteiger partial charge is 0.478 e. The Morgan fingerprint density at radius 2 is 1.85 bits per heavy atom. The summed E-state index contributed by atoms with van der Waals surface area (Å²) in [6, 6.07) is 15.1. The Balaban J connectivity index is 2.33. The average Bonchev–Trinajstić information content (AvgIpc) is 2.45. The number of para-hydroxylation sites is 1. The van der Waals surface area contributed by atoms with Crippen LogP contribution >= 0.6 is 0 Å². The molecular formula is C16H18N2O2. The molecule has 0 bridgehead atoms. The molecule has 2 rings (SSSR count). The average molecular weight is 270 g/mol. The molecule has 2 aromatic rings. The summed E-state index contributed by atoms with van der Waals surface area (Å²) < 4.78 is 0. The lowest BCUT2D eigenvalue weighted by molar-refractivity contribution is 0.0697. The number of anilines is 2. The van der Waals surface area contributed by atoms with Crippen LogP contribution in [0.2, 0.25) is 0 Å². The molecule has 0 aliphatic carbocycles. The SMILES string of the molecule is CCN(Cc1cccc(N)c1C(=O)O)c1ccccc1. The highest BCUT2D eigenvalue weighted by Gasteiger charge is 2.15. The first-order valence-electron chi connectivity index (χ1n) is 6.54. The van der Waals surface area contributed by atoms with E-state index in [1.807, 2.05) is 43.3 Å². The van der Waals surface area contributed by atoms with Crippen LogP contribution in [0.3, 0.4) is 0 Å². The van der Waals surface area contributed by atoms with Crippen LogP contribution in [0, 0.1) is 0 Å². The molecule has 4 nitrogen and oxygen atoms in total. The van der Waals surface area contributed by atoms with Crippen molar-refractivity contribution in [2.45, 2.75) is 13.5 Å². The van der Waals surface area contributed by atoms with Crippen molar-refractivity contribution in [3.8, 4) is 0 Å². The Kier molecular flexibility index (Phi) is 4.25. The van der Waals surface area contributed by atoms with Gasteiger partial charge in [-0.2, -0.15) is 0 Å². The summed E-state index contributed by atoms with van der Waals surface area (Å²) in [6.45, 7) is 3.35. The molecule has 0 saturated carbocycles. The fourth-order valence-corrected chi connectivity index (χ4v) is 2.24. The van der Waals surface area contributed by atoms with E-state index in [1.54, 1.807) is 12.1 Å².